The predicted octanol–water partition coefficient (Wildman–Crippen LogP) is 3.12. The van der Waals surface area contributed by atoms with E-state index in [2.05, 4.69) is 42.5 Å². The molecule has 0 bridgehead atoms. The van der Waals surface area contributed by atoms with Crippen molar-refractivity contribution in [1.82, 2.24) is 29.7 Å². The summed E-state index contributed by atoms with van der Waals surface area (Å²) in [5.74, 6) is -2.30. The van der Waals surface area contributed by atoms with Gasteiger partial charge in [0, 0.05) is 39.9 Å². The van der Waals surface area contributed by atoms with Crippen molar-refractivity contribution in [3.05, 3.63) is 24.7 Å². The Morgan fingerprint density at radius 1 is 1.14 bits per heavy atom. The largest absolute Gasteiger partial charge is 0.477 e. The maximum absolute atomic E-state index is 14.7. The Hall–Kier alpha value is -3.72. The number of halogens is 2. The number of hydrogen-bond donors (Lipinski definition) is 2. The van der Waals surface area contributed by atoms with Gasteiger partial charge in [-0.25, -0.2) is 28.5 Å². The summed E-state index contributed by atoms with van der Waals surface area (Å²) in [4.78, 5) is 44.3. The van der Waals surface area contributed by atoms with Gasteiger partial charge in [0.2, 0.25) is 18.2 Å². The van der Waals surface area contributed by atoms with Crippen LogP contribution in [0.3, 0.4) is 0 Å². The summed E-state index contributed by atoms with van der Waals surface area (Å²) in [6, 6.07) is -0.726. The number of nitrogens with zero attached hydrogens (tertiary/aromatic N) is 7. The number of anilines is 3. The minimum atomic E-state index is -3.12. The molecule has 0 radical (unpaired) electrons. The number of likely N-dealkylation sites (tertiary alicyclic amines) is 1. The lowest BCUT2D eigenvalue weighted by Crippen LogP contribution is -2.60. The van der Waals surface area contributed by atoms with Crippen LogP contribution in [0.1, 0.15) is 39.0 Å². The first-order valence-electron chi connectivity index (χ1n) is 14.4. The molecule has 13 nitrogen and oxygen atoms in total. The highest BCUT2D eigenvalue weighted by Crippen LogP contribution is 2.49. The van der Waals surface area contributed by atoms with E-state index in [4.69, 9.17) is 9.47 Å². The SMILES string of the molecule is CCOc1cnc(NC(=O)N(C)C2CN(c3nccc(NC=O)n3)CCC2(F)F)cn1.COC1CC2(CCN(C)CC2)C1. The monoisotopic (exact) mass is 605 g/mol. The molecule has 3 fully saturated rings. The minimum absolute atomic E-state index is 0.00608. The molecular formula is C28H41F2N9O4. The van der Waals surface area contributed by atoms with Crippen LogP contribution in [-0.4, -0.2) is 114 Å². The summed E-state index contributed by atoms with van der Waals surface area (Å²) >= 11 is 0. The first-order valence-corrected chi connectivity index (χ1v) is 14.4. The zero-order valence-corrected chi connectivity index (χ0v) is 25.1. The number of piperidine rings is 2. The van der Waals surface area contributed by atoms with Crippen molar-refractivity contribution in [2.45, 2.75) is 57.1 Å². The number of likely N-dealkylation sites (N-methyl/N-ethyl adjacent to an activating group) is 1. The van der Waals surface area contributed by atoms with Crippen molar-refractivity contribution in [2.24, 2.45) is 5.41 Å². The van der Waals surface area contributed by atoms with Gasteiger partial charge < -0.3 is 29.5 Å². The fourth-order valence-corrected chi connectivity index (χ4v) is 5.63. The number of alkyl halides is 2. The average Bonchev–Trinajstić information content (AvgIpc) is 2.98. The van der Waals surface area contributed by atoms with E-state index in [-0.39, 0.29) is 36.6 Å². The molecule has 2 aromatic rings. The number of methoxy groups -OCH3 is 1. The number of ether oxygens (including phenoxy) is 2. The Morgan fingerprint density at radius 2 is 1.88 bits per heavy atom. The quantitative estimate of drug-likeness (QED) is 0.432. The van der Waals surface area contributed by atoms with E-state index in [0.29, 0.717) is 24.5 Å². The first-order chi connectivity index (χ1) is 20.6. The second-order valence-corrected chi connectivity index (χ2v) is 11.3. The zero-order chi connectivity index (χ0) is 31.0. The molecule has 2 saturated heterocycles. The van der Waals surface area contributed by atoms with Crippen LogP contribution in [0, 0.1) is 5.41 Å². The van der Waals surface area contributed by atoms with Crippen LogP contribution in [0.15, 0.2) is 24.7 Å². The molecule has 3 amide bonds. The van der Waals surface area contributed by atoms with Gasteiger partial charge in [0.15, 0.2) is 5.82 Å². The molecule has 43 heavy (non-hydrogen) atoms. The van der Waals surface area contributed by atoms with Crippen molar-refractivity contribution in [3.63, 3.8) is 0 Å². The lowest BCUT2D eigenvalue weighted by Gasteiger charge is -2.51. The van der Waals surface area contributed by atoms with Gasteiger partial charge in [-0.15, -0.1) is 0 Å². The van der Waals surface area contributed by atoms with Gasteiger partial charge in [-0.1, -0.05) is 0 Å². The molecule has 1 unspecified atom stereocenters. The van der Waals surface area contributed by atoms with Crippen molar-refractivity contribution >= 4 is 30.0 Å². The Balaban J connectivity index is 0.000000292. The topological polar surface area (TPSA) is 138 Å². The van der Waals surface area contributed by atoms with Gasteiger partial charge in [0.1, 0.15) is 11.9 Å². The number of rotatable bonds is 8. The summed E-state index contributed by atoms with van der Waals surface area (Å²) < 4.78 is 39.8. The molecule has 1 aliphatic carbocycles. The van der Waals surface area contributed by atoms with Gasteiger partial charge in [0.05, 0.1) is 25.1 Å². The molecule has 236 valence electrons. The highest BCUT2D eigenvalue weighted by atomic mass is 19.3. The van der Waals surface area contributed by atoms with Crippen LogP contribution in [0.4, 0.5) is 31.2 Å². The highest BCUT2D eigenvalue weighted by molar-refractivity contribution is 5.88. The Morgan fingerprint density at radius 3 is 2.51 bits per heavy atom. The summed E-state index contributed by atoms with van der Waals surface area (Å²) in [5, 5.41) is 4.84. The van der Waals surface area contributed by atoms with Crippen molar-refractivity contribution < 1.29 is 27.8 Å². The fourth-order valence-electron chi connectivity index (χ4n) is 5.63. The molecule has 4 heterocycles. The van der Waals surface area contributed by atoms with E-state index in [1.807, 2.05) is 7.11 Å². The molecule has 0 aromatic carbocycles. The van der Waals surface area contributed by atoms with E-state index in [1.54, 1.807) is 11.8 Å². The number of nitrogens with one attached hydrogen (secondary N) is 2. The maximum atomic E-state index is 14.7. The summed E-state index contributed by atoms with van der Waals surface area (Å²) in [6.07, 6.45) is 9.98. The molecule has 3 aliphatic rings. The fraction of sp³-hybridized carbons (Fsp3) is 0.643. The number of aromatic nitrogens is 4. The Labute approximate surface area is 250 Å². The molecule has 1 spiro atoms. The van der Waals surface area contributed by atoms with Crippen LogP contribution < -0.4 is 20.3 Å². The van der Waals surface area contributed by atoms with E-state index in [9.17, 15) is 18.4 Å². The van der Waals surface area contributed by atoms with Gasteiger partial charge in [-0.3, -0.25) is 10.1 Å². The lowest BCUT2D eigenvalue weighted by molar-refractivity contribution is -0.105. The van der Waals surface area contributed by atoms with Crippen LogP contribution in [-0.2, 0) is 9.53 Å². The van der Waals surface area contributed by atoms with Gasteiger partial charge in [0.25, 0.3) is 5.92 Å². The normalized spacial score (nSPS) is 21.2. The smallest absolute Gasteiger partial charge is 0.323 e. The van der Waals surface area contributed by atoms with Gasteiger partial charge in [-0.2, -0.15) is 4.98 Å². The van der Waals surface area contributed by atoms with Crippen LogP contribution in [0.5, 0.6) is 5.88 Å². The van der Waals surface area contributed by atoms with E-state index in [1.165, 1.54) is 70.5 Å². The lowest BCUT2D eigenvalue weighted by atomic mass is 9.61. The van der Waals surface area contributed by atoms with Crippen LogP contribution in [0.25, 0.3) is 0 Å². The second kappa shape index (κ2) is 14.2. The Bertz CT molecular complexity index is 1200. The predicted molar refractivity (Wildman–Crippen MR) is 156 cm³/mol. The zero-order valence-electron chi connectivity index (χ0n) is 25.1. The third-order valence-electron chi connectivity index (χ3n) is 8.37. The van der Waals surface area contributed by atoms with Crippen molar-refractivity contribution in [3.8, 4) is 5.88 Å². The molecule has 5 rings (SSSR count). The van der Waals surface area contributed by atoms with E-state index < -0.39 is 24.4 Å². The molecule has 1 saturated carbocycles. The molecule has 2 aliphatic heterocycles. The molecule has 2 N–H and O–H groups in total. The standard InChI is InChI=1S/C18H22F2N8O3.C10H19NO/c1-3-31-15-9-22-14(8-23-15)26-17(30)27(2)12-10-28(7-5-18(12,19)20)16-21-6-4-13(25-16)24-11-29;1-11-5-3-10(4-6-11)7-9(8-10)12-2/h4,6,8-9,11-12H,3,5,7,10H2,1-2H3,(H,22,26,30)(H,21,24,25,29);9H,3-8H2,1-2H3. The summed E-state index contributed by atoms with van der Waals surface area (Å²) in [5.41, 5.74) is 0.688. The molecule has 1 atom stereocenters. The Kier molecular flexibility index (Phi) is 10.6. The first kappa shape index (κ1) is 32.2. The number of carbonyl (C=O) groups is 2. The van der Waals surface area contributed by atoms with Gasteiger partial charge in [-0.05, 0) is 64.2 Å². The average molecular weight is 606 g/mol. The number of urea groups is 1. The minimum Gasteiger partial charge on any atom is -0.477 e. The van der Waals surface area contributed by atoms with Crippen LogP contribution in [0.2, 0.25) is 0 Å². The second-order valence-electron chi connectivity index (χ2n) is 11.3. The van der Waals surface area contributed by atoms with Gasteiger partial charge >= 0.3 is 6.03 Å². The third kappa shape index (κ3) is 8.22. The number of carbonyl (C=O) groups excluding carboxylic acids is 2. The van der Waals surface area contributed by atoms with E-state index in [0.717, 1.165) is 4.90 Å². The molecule has 2 aromatic heterocycles. The summed E-state index contributed by atoms with van der Waals surface area (Å²) in [7, 11) is 5.34. The molecular weight excluding hydrogens is 564 g/mol. The van der Waals surface area contributed by atoms with Crippen LogP contribution >= 0.6 is 0 Å². The number of hydrogen-bond acceptors (Lipinski definition) is 10. The highest BCUT2D eigenvalue weighted by Gasteiger charge is 2.48. The third-order valence-corrected chi connectivity index (χ3v) is 8.37. The van der Waals surface area contributed by atoms with Crippen molar-refractivity contribution in [2.75, 3.05) is 69.5 Å². The summed E-state index contributed by atoms with van der Waals surface area (Å²) in [6.45, 7) is 4.57. The van der Waals surface area contributed by atoms with E-state index >= 15 is 0 Å². The van der Waals surface area contributed by atoms with Crippen molar-refractivity contribution in [1.29, 1.82) is 0 Å². The number of amides is 3. The maximum Gasteiger partial charge on any atom is 0.323 e. The molecule has 15 heteroatoms.